The van der Waals surface area contributed by atoms with Crippen LogP contribution in [0.1, 0.15) is 43.6 Å². The number of aryl methyl sites for hydroxylation is 1. The summed E-state index contributed by atoms with van der Waals surface area (Å²) >= 11 is 0. The van der Waals surface area contributed by atoms with Crippen molar-refractivity contribution in [3.8, 4) is 11.5 Å². The number of H-pyrrole nitrogens is 1. The summed E-state index contributed by atoms with van der Waals surface area (Å²) in [5.74, 6) is 2.24. The topological polar surface area (TPSA) is 84.5 Å². The van der Waals surface area contributed by atoms with Gasteiger partial charge in [-0.05, 0) is 62.1 Å². The van der Waals surface area contributed by atoms with Gasteiger partial charge in [0.2, 0.25) is 5.91 Å². The normalized spacial score (nSPS) is 13.1. The van der Waals surface area contributed by atoms with Crippen LogP contribution in [0.15, 0.2) is 41.2 Å². The molecule has 7 nitrogen and oxygen atoms in total. The van der Waals surface area contributed by atoms with E-state index in [2.05, 4.69) is 9.97 Å². The predicted molar refractivity (Wildman–Crippen MR) is 123 cm³/mol. The van der Waals surface area contributed by atoms with Gasteiger partial charge in [-0.25, -0.2) is 4.98 Å². The summed E-state index contributed by atoms with van der Waals surface area (Å²) in [7, 11) is 0. The number of amides is 1. The Balaban J connectivity index is 1.38. The fourth-order valence-electron chi connectivity index (χ4n) is 4.13. The van der Waals surface area contributed by atoms with Crippen molar-refractivity contribution in [1.29, 1.82) is 0 Å². The second kappa shape index (κ2) is 9.85. The second-order valence-corrected chi connectivity index (χ2v) is 7.88. The number of nitrogens with zero attached hydrogens (tertiary/aromatic N) is 2. The van der Waals surface area contributed by atoms with Gasteiger partial charge in [0, 0.05) is 25.9 Å². The minimum absolute atomic E-state index is 0.116. The lowest BCUT2D eigenvalue weighted by Gasteiger charge is -2.30. The first-order valence-electron chi connectivity index (χ1n) is 11.3. The lowest BCUT2D eigenvalue weighted by Crippen LogP contribution is -2.36. The van der Waals surface area contributed by atoms with Crippen LogP contribution < -0.4 is 15.0 Å². The van der Waals surface area contributed by atoms with Crippen LogP contribution in [0.3, 0.4) is 0 Å². The standard InChI is InChI=1S/C25H29N3O4/c1-3-31-21-14-17-12-13-28(16-18(17)15-22(21)32-4-2)24(29)11-7-10-23-26-20-9-6-5-8-19(20)25(30)27-23/h5-6,8-9,14-15H,3-4,7,10-13,16H2,1-2H3,(H,26,27,30). The van der Waals surface area contributed by atoms with Crippen molar-refractivity contribution >= 4 is 16.8 Å². The van der Waals surface area contributed by atoms with Gasteiger partial charge in [0.25, 0.3) is 5.56 Å². The Morgan fingerprint density at radius 3 is 2.56 bits per heavy atom. The SMILES string of the molecule is CCOc1cc2c(cc1OCC)CN(C(=O)CCCc1nc3ccccc3c(=O)[nH]1)CC2. The number of para-hydroxylation sites is 1. The van der Waals surface area contributed by atoms with E-state index >= 15 is 0 Å². The fraction of sp³-hybridized carbons (Fsp3) is 0.400. The van der Waals surface area contributed by atoms with E-state index < -0.39 is 0 Å². The number of fused-ring (bicyclic) bond motifs is 2. The second-order valence-electron chi connectivity index (χ2n) is 7.88. The Hall–Kier alpha value is -3.35. The highest BCUT2D eigenvalue weighted by atomic mass is 16.5. The molecule has 0 atom stereocenters. The summed E-state index contributed by atoms with van der Waals surface area (Å²) in [5, 5.41) is 0.582. The molecule has 2 aromatic carbocycles. The quantitative estimate of drug-likeness (QED) is 0.584. The maximum atomic E-state index is 12.8. The zero-order valence-corrected chi connectivity index (χ0v) is 18.6. The van der Waals surface area contributed by atoms with E-state index in [1.54, 1.807) is 6.07 Å². The molecule has 0 spiro atoms. The third kappa shape index (κ3) is 4.77. The van der Waals surface area contributed by atoms with Crippen molar-refractivity contribution in [3.05, 3.63) is 63.7 Å². The van der Waals surface area contributed by atoms with Gasteiger partial charge in [0.1, 0.15) is 5.82 Å². The fourth-order valence-corrected chi connectivity index (χ4v) is 4.13. The molecular formula is C25H29N3O4. The molecule has 0 bridgehead atoms. The van der Waals surface area contributed by atoms with E-state index in [1.165, 1.54) is 5.56 Å². The lowest BCUT2D eigenvalue weighted by molar-refractivity contribution is -0.132. The molecule has 4 rings (SSSR count). The number of ether oxygens (including phenoxy) is 2. The molecule has 32 heavy (non-hydrogen) atoms. The number of carbonyl (C=O) groups excluding carboxylic acids is 1. The molecule has 0 aliphatic carbocycles. The Morgan fingerprint density at radius 1 is 1.09 bits per heavy atom. The molecule has 1 aromatic heterocycles. The maximum Gasteiger partial charge on any atom is 0.258 e. The zero-order valence-electron chi connectivity index (χ0n) is 18.6. The van der Waals surface area contributed by atoms with Gasteiger partial charge < -0.3 is 19.4 Å². The van der Waals surface area contributed by atoms with Gasteiger partial charge in [-0.3, -0.25) is 9.59 Å². The van der Waals surface area contributed by atoms with Crippen LogP contribution in [0.4, 0.5) is 0 Å². The zero-order chi connectivity index (χ0) is 22.5. The number of carbonyl (C=O) groups is 1. The van der Waals surface area contributed by atoms with Crippen LogP contribution >= 0.6 is 0 Å². The van der Waals surface area contributed by atoms with Gasteiger partial charge in [0.15, 0.2) is 11.5 Å². The molecule has 0 radical (unpaired) electrons. The Kier molecular flexibility index (Phi) is 6.73. The Morgan fingerprint density at radius 2 is 1.81 bits per heavy atom. The number of hydrogen-bond acceptors (Lipinski definition) is 5. The number of rotatable bonds is 8. The molecule has 0 unspecified atom stereocenters. The van der Waals surface area contributed by atoms with E-state index in [0.717, 1.165) is 23.5 Å². The number of aromatic amines is 1. The Labute approximate surface area is 187 Å². The smallest absolute Gasteiger partial charge is 0.258 e. The highest BCUT2D eigenvalue weighted by Crippen LogP contribution is 2.34. The molecule has 0 fully saturated rings. The minimum atomic E-state index is -0.138. The molecule has 168 valence electrons. The lowest BCUT2D eigenvalue weighted by atomic mass is 9.98. The third-order valence-corrected chi connectivity index (χ3v) is 5.70. The molecular weight excluding hydrogens is 406 g/mol. The highest BCUT2D eigenvalue weighted by molar-refractivity contribution is 5.77. The van der Waals surface area contributed by atoms with Crippen molar-refractivity contribution in [1.82, 2.24) is 14.9 Å². The monoisotopic (exact) mass is 435 g/mol. The van der Waals surface area contributed by atoms with Gasteiger partial charge in [-0.1, -0.05) is 12.1 Å². The van der Waals surface area contributed by atoms with Gasteiger partial charge in [0.05, 0.1) is 24.1 Å². The van der Waals surface area contributed by atoms with Crippen LogP contribution in [0.5, 0.6) is 11.5 Å². The Bertz CT molecular complexity index is 1170. The predicted octanol–water partition coefficient (Wildman–Crippen LogP) is 3.63. The highest BCUT2D eigenvalue weighted by Gasteiger charge is 2.23. The third-order valence-electron chi connectivity index (χ3n) is 5.70. The molecule has 2 heterocycles. The summed E-state index contributed by atoms with van der Waals surface area (Å²) in [6.45, 7) is 6.32. The first kappa shape index (κ1) is 21.9. The maximum absolute atomic E-state index is 12.8. The van der Waals surface area contributed by atoms with Crippen LogP contribution in [-0.2, 0) is 24.2 Å². The van der Waals surface area contributed by atoms with Crippen molar-refractivity contribution in [2.24, 2.45) is 0 Å². The van der Waals surface area contributed by atoms with Crippen molar-refractivity contribution in [3.63, 3.8) is 0 Å². The van der Waals surface area contributed by atoms with Crippen LogP contribution in [0.2, 0.25) is 0 Å². The van der Waals surface area contributed by atoms with Gasteiger partial charge in [-0.15, -0.1) is 0 Å². The molecule has 1 aliphatic rings. The van der Waals surface area contributed by atoms with Crippen molar-refractivity contribution in [2.75, 3.05) is 19.8 Å². The summed E-state index contributed by atoms with van der Waals surface area (Å²) in [6.07, 6.45) is 2.41. The van der Waals surface area contributed by atoms with E-state index in [4.69, 9.17) is 9.47 Å². The average Bonchev–Trinajstić information content (AvgIpc) is 2.79. The summed E-state index contributed by atoms with van der Waals surface area (Å²) in [6, 6.07) is 11.3. The number of benzene rings is 2. The molecule has 1 N–H and O–H groups in total. The molecule has 7 heteroatoms. The van der Waals surface area contributed by atoms with E-state index in [-0.39, 0.29) is 11.5 Å². The summed E-state index contributed by atoms with van der Waals surface area (Å²) in [5.41, 5.74) is 2.86. The first-order chi connectivity index (χ1) is 15.6. The largest absolute Gasteiger partial charge is 0.490 e. The van der Waals surface area contributed by atoms with Gasteiger partial charge >= 0.3 is 0 Å². The van der Waals surface area contributed by atoms with E-state index in [9.17, 15) is 9.59 Å². The minimum Gasteiger partial charge on any atom is -0.490 e. The molecule has 1 aliphatic heterocycles. The summed E-state index contributed by atoms with van der Waals surface area (Å²) < 4.78 is 11.5. The van der Waals surface area contributed by atoms with E-state index in [0.29, 0.717) is 62.3 Å². The van der Waals surface area contributed by atoms with Crippen LogP contribution in [0.25, 0.3) is 10.9 Å². The van der Waals surface area contributed by atoms with Crippen LogP contribution in [0, 0.1) is 0 Å². The van der Waals surface area contributed by atoms with Gasteiger partial charge in [-0.2, -0.15) is 0 Å². The average molecular weight is 436 g/mol. The van der Waals surface area contributed by atoms with Crippen LogP contribution in [-0.4, -0.2) is 40.5 Å². The van der Waals surface area contributed by atoms with E-state index in [1.807, 2.05) is 49.1 Å². The molecule has 1 amide bonds. The summed E-state index contributed by atoms with van der Waals surface area (Å²) in [4.78, 5) is 34.3. The van der Waals surface area contributed by atoms with Crippen molar-refractivity contribution in [2.45, 2.75) is 46.1 Å². The molecule has 3 aromatic rings. The number of aromatic nitrogens is 2. The number of hydrogen-bond donors (Lipinski definition) is 1. The first-order valence-corrected chi connectivity index (χ1v) is 11.3. The molecule has 0 saturated heterocycles. The molecule has 0 saturated carbocycles. The van der Waals surface area contributed by atoms with Crippen molar-refractivity contribution < 1.29 is 14.3 Å². The number of nitrogens with one attached hydrogen (secondary N) is 1.